The van der Waals surface area contributed by atoms with Crippen molar-refractivity contribution in [3.63, 3.8) is 0 Å². The van der Waals surface area contributed by atoms with Crippen LogP contribution in [0.2, 0.25) is 0 Å². The van der Waals surface area contributed by atoms with Crippen LogP contribution in [0.3, 0.4) is 0 Å². The molecule has 2 N–H and O–H groups in total. The van der Waals surface area contributed by atoms with Crippen molar-refractivity contribution in [1.82, 2.24) is 15.5 Å². The van der Waals surface area contributed by atoms with Crippen molar-refractivity contribution in [2.45, 2.75) is 13.0 Å². The summed E-state index contributed by atoms with van der Waals surface area (Å²) in [5.41, 5.74) is 3.32. The molecule has 0 saturated heterocycles. The molecule has 0 aliphatic carbocycles. The van der Waals surface area contributed by atoms with Gasteiger partial charge in [0.15, 0.2) is 0 Å². The van der Waals surface area contributed by atoms with Gasteiger partial charge in [0.2, 0.25) is 0 Å². The number of carbonyl (C=O) groups excluding carboxylic acids is 2. The van der Waals surface area contributed by atoms with Gasteiger partial charge in [0.25, 0.3) is 5.91 Å². The molecule has 2 heterocycles. The van der Waals surface area contributed by atoms with Crippen molar-refractivity contribution in [1.29, 1.82) is 0 Å². The molecule has 0 bridgehead atoms. The first-order valence-corrected chi connectivity index (χ1v) is 7.26. The Labute approximate surface area is 129 Å². The molecule has 0 unspecified atom stereocenters. The summed E-state index contributed by atoms with van der Waals surface area (Å²) in [6.07, 6.45) is 0. The average Bonchev–Trinajstić information content (AvgIpc) is 2.81. The minimum atomic E-state index is -0.398. The summed E-state index contributed by atoms with van der Waals surface area (Å²) in [6, 6.07) is 7.11. The highest BCUT2D eigenvalue weighted by Gasteiger charge is 2.40. The topological polar surface area (TPSA) is 70.7 Å². The van der Waals surface area contributed by atoms with Crippen molar-refractivity contribution in [2.75, 3.05) is 26.8 Å². The lowest BCUT2D eigenvalue weighted by atomic mass is 9.93. The molecule has 1 atom stereocenters. The van der Waals surface area contributed by atoms with E-state index in [1.165, 1.54) is 0 Å². The Hall–Kier alpha value is -2.34. The van der Waals surface area contributed by atoms with Crippen LogP contribution in [-0.4, -0.2) is 43.6 Å². The maximum absolute atomic E-state index is 12.7. The van der Waals surface area contributed by atoms with Crippen LogP contribution in [0.5, 0.6) is 0 Å². The number of urea groups is 1. The van der Waals surface area contributed by atoms with Crippen LogP contribution in [0.1, 0.15) is 17.2 Å². The van der Waals surface area contributed by atoms with E-state index in [4.69, 9.17) is 4.74 Å². The van der Waals surface area contributed by atoms with Gasteiger partial charge < -0.3 is 20.3 Å². The number of nitrogens with one attached hydrogen (secondary N) is 2. The first kappa shape index (κ1) is 14.6. The van der Waals surface area contributed by atoms with Crippen molar-refractivity contribution in [3.05, 3.63) is 46.7 Å². The zero-order chi connectivity index (χ0) is 15.7. The number of hydrogen-bond acceptors (Lipinski definition) is 3. The minimum Gasteiger partial charge on any atom is -0.383 e. The quantitative estimate of drug-likeness (QED) is 0.874. The van der Waals surface area contributed by atoms with Gasteiger partial charge in [-0.1, -0.05) is 24.3 Å². The molecule has 1 aromatic rings. The second-order valence-electron chi connectivity index (χ2n) is 5.50. The fourth-order valence-electron chi connectivity index (χ4n) is 2.95. The molecular weight excluding hydrogens is 282 g/mol. The van der Waals surface area contributed by atoms with Crippen molar-refractivity contribution in [3.8, 4) is 0 Å². The Morgan fingerprint density at radius 3 is 2.82 bits per heavy atom. The number of nitrogens with zero attached hydrogens (tertiary/aromatic N) is 1. The molecule has 22 heavy (non-hydrogen) atoms. The van der Waals surface area contributed by atoms with Gasteiger partial charge in [-0.3, -0.25) is 4.79 Å². The average molecular weight is 301 g/mol. The number of methoxy groups -OCH3 is 1. The first-order valence-electron chi connectivity index (χ1n) is 7.26. The fourth-order valence-corrected chi connectivity index (χ4v) is 2.95. The SMILES string of the molecule is COCCN1CC2=C(C1=O)[C@@H](c1ccccc1C)NC(=O)N2. The van der Waals surface area contributed by atoms with Gasteiger partial charge in [0.05, 0.1) is 30.5 Å². The molecule has 0 spiro atoms. The van der Waals surface area contributed by atoms with E-state index in [9.17, 15) is 9.59 Å². The van der Waals surface area contributed by atoms with E-state index < -0.39 is 6.04 Å². The van der Waals surface area contributed by atoms with Crippen LogP contribution in [0.15, 0.2) is 35.5 Å². The fraction of sp³-hybridized carbons (Fsp3) is 0.375. The standard InChI is InChI=1S/C16H19N3O3/c1-10-5-3-4-6-11(10)14-13-12(17-16(21)18-14)9-19(15(13)20)7-8-22-2/h3-6,14H,7-9H2,1-2H3,(H2,17,18,21)/t14-/m1/s1. The molecule has 1 aromatic carbocycles. The Morgan fingerprint density at radius 1 is 1.32 bits per heavy atom. The number of aryl methyl sites for hydroxylation is 1. The number of rotatable bonds is 4. The summed E-state index contributed by atoms with van der Waals surface area (Å²) in [5.74, 6) is -0.0483. The third-order valence-electron chi connectivity index (χ3n) is 4.09. The van der Waals surface area contributed by atoms with Gasteiger partial charge in [-0.15, -0.1) is 0 Å². The summed E-state index contributed by atoms with van der Waals surface area (Å²) in [4.78, 5) is 26.3. The van der Waals surface area contributed by atoms with E-state index in [0.717, 1.165) is 11.1 Å². The van der Waals surface area contributed by atoms with Crippen molar-refractivity contribution >= 4 is 11.9 Å². The number of carbonyl (C=O) groups is 2. The Morgan fingerprint density at radius 2 is 2.09 bits per heavy atom. The third kappa shape index (κ3) is 2.46. The molecule has 6 heteroatoms. The predicted octanol–water partition coefficient (Wildman–Crippen LogP) is 1.09. The number of benzene rings is 1. The molecule has 3 rings (SSSR count). The smallest absolute Gasteiger partial charge is 0.319 e. The zero-order valence-corrected chi connectivity index (χ0v) is 12.7. The van der Waals surface area contributed by atoms with E-state index in [2.05, 4.69) is 10.6 Å². The lowest BCUT2D eigenvalue weighted by Gasteiger charge is -2.26. The van der Waals surface area contributed by atoms with Gasteiger partial charge in [0.1, 0.15) is 0 Å². The third-order valence-corrected chi connectivity index (χ3v) is 4.09. The van der Waals surface area contributed by atoms with Crippen LogP contribution in [0, 0.1) is 6.92 Å². The van der Waals surface area contributed by atoms with Gasteiger partial charge in [-0.05, 0) is 18.1 Å². The van der Waals surface area contributed by atoms with Crippen LogP contribution in [-0.2, 0) is 9.53 Å². The molecule has 3 amide bonds. The minimum absolute atomic E-state index is 0.0483. The molecule has 2 aliphatic rings. The van der Waals surface area contributed by atoms with Crippen LogP contribution >= 0.6 is 0 Å². The Balaban J connectivity index is 1.95. The Kier molecular flexibility index (Phi) is 3.85. The molecule has 116 valence electrons. The first-order chi connectivity index (χ1) is 10.6. The van der Waals surface area contributed by atoms with E-state index in [0.29, 0.717) is 31.0 Å². The normalized spacial score (nSPS) is 20.8. The zero-order valence-electron chi connectivity index (χ0n) is 12.7. The number of hydrogen-bond donors (Lipinski definition) is 2. The lowest BCUT2D eigenvalue weighted by molar-refractivity contribution is -0.126. The van der Waals surface area contributed by atoms with Gasteiger partial charge in [-0.25, -0.2) is 4.79 Å². The van der Waals surface area contributed by atoms with E-state index in [-0.39, 0.29) is 11.9 Å². The summed E-state index contributed by atoms with van der Waals surface area (Å²) in [7, 11) is 1.60. The van der Waals surface area contributed by atoms with E-state index in [1.54, 1.807) is 12.0 Å². The molecule has 0 radical (unpaired) electrons. The van der Waals surface area contributed by atoms with Crippen LogP contribution in [0.4, 0.5) is 4.79 Å². The van der Waals surface area contributed by atoms with Gasteiger partial charge in [-0.2, -0.15) is 0 Å². The van der Waals surface area contributed by atoms with E-state index >= 15 is 0 Å². The monoisotopic (exact) mass is 301 g/mol. The molecule has 6 nitrogen and oxygen atoms in total. The van der Waals surface area contributed by atoms with Crippen molar-refractivity contribution < 1.29 is 14.3 Å². The highest BCUT2D eigenvalue weighted by atomic mass is 16.5. The summed E-state index contributed by atoms with van der Waals surface area (Å²) < 4.78 is 5.04. The number of ether oxygens (including phenoxy) is 1. The number of amides is 3. The lowest BCUT2D eigenvalue weighted by Crippen LogP contribution is -2.44. The molecule has 0 aromatic heterocycles. The van der Waals surface area contributed by atoms with Gasteiger partial charge >= 0.3 is 6.03 Å². The highest BCUT2D eigenvalue weighted by molar-refractivity contribution is 6.01. The maximum atomic E-state index is 12.7. The van der Waals surface area contributed by atoms with Crippen molar-refractivity contribution in [2.24, 2.45) is 0 Å². The molecular formula is C16H19N3O3. The highest BCUT2D eigenvalue weighted by Crippen LogP contribution is 2.33. The van der Waals surface area contributed by atoms with Crippen LogP contribution in [0.25, 0.3) is 0 Å². The summed E-state index contributed by atoms with van der Waals surface area (Å²) in [5, 5.41) is 5.63. The van der Waals surface area contributed by atoms with E-state index in [1.807, 2.05) is 31.2 Å². The van der Waals surface area contributed by atoms with Gasteiger partial charge in [0, 0.05) is 13.7 Å². The second-order valence-corrected chi connectivity index (χ2v) is 5.50. The summed E-state index contributed by atoms with van der Waals surface area (Å²) >= 11 is 0. The molecule has 0 fully saturated rings. The Bertz CT molecular complexity index is 654. The van der Waals surface area contributed by atoms with Crippen LogP contribution < -0.4 is 10.6 Å². The second kappa shape index (κ2) is 5.81. The predicted molar refractivity (Wildman–Crippen MR) is 81.1 cm³/mol. The maximum Gasteiger partial charge on any atom is 0.319 e. The molecule has 2 aliphatic heterocycles. The summed E-state index contributed by atoms with van der Waals surface area (Å²) in [6.45, 7) is 3.39. The molecule has 0 saturated carbocycles. The largest absolute Gasteiger partial charge is 0.383 e.